The van der Waals surface area contributed by atoms with Crippen LogP contribution in [0.4, 0.5) is 5.82 Å². The summed E-state index contributed by atoms with van der Waals surface area (Å²) in [5, 5.41) is 4.67. The third-order valence-electron chi connectivity index (χ3n) is 3.91. The Morgan fingerprint density at radius 1 is 1.16 bits per heavy atom. The minimum Gasteiger partial charge on any atom is -0.368 e. The van der Waals surface area contributed by atoms with Crippen molar-refractivity contribution in [3.8, 4) is 0 Å². The maximum absolute atomic E-state index is 5.56. The molecule has 2 atom stereocenters. The van der Waals surface area contributed by atoms with Crippen LogP contribution >= 0.6 is 0 Å². The molecule has 0 spiro atoms. The van der Waals surface area contributed by atoms with E-state index in [4.69, 9.17) is 4.74 Å². The Morgan fingerprint density at radius 3 is 2.89 bits per heavy atom. The van der Waals surface area contributed by atoms with Crippen LogP contribution in [0.5, 0.6) is 0 Å². The van der Waals surface area contributed by atoms with Gasteiger partial charge in [0.15, 0.2) is 5.82 Å². The Labute approximate surface area is 112 Å². The van der Waals surface area contributed by atoms with Gasteiger partial charge in [-0.1, -0.05) is 30.3 Å². The van der Waals surface area contributed by atoms with Crippen molar-refractivity contribution in [3.63, 3.8) is 0 Å². The molecule has 0 aliphatic carbocycles. The summed E-state index contributed by atoms with van der Waals surface area (Å²) < 4.78 is 7.56. The summed E-state index contributed by atoms with van der Waals surface area (Å²) in [5.41, 5.74) is 1.28. The molecule has 0 N–H and O–H groups in total. The maximum atomic E-state index is 5.56. The van der Waals surface area contributed by atoms with Gasteiger partial charge in [0.05, 0.1) is 12.6 Å². The van der Waals surface area contributed by atoms with Gasteiger partial charge in [0.25, 0.3) is 0 Å². The van der Waals surface area contributed by atoms with E-state index in [-0.39, 0.29) is 0 Å². The number of anilines is 1. The van der Waals surface area contributed by atoms with Gasteiger partial charge in [-0.15, -0.1) is 0 Å². The van der Waals surface area contributed by atoms with Gasteiger partial charge in [0, 0.05) is 25.4 Å². The molecule has 4 nitrogen and oxygen atoms in total. The first-order valence-electron chi connectivity index (χ1n) is 6.86. The molecule has 2 saturated heterocycles. The van der Waals surface area contributed by atoms with Gasteiger partial charge in [0.2, 0.25) is 0 Å². The molecule has 3 heterocycles. The number of aromatic nitrogens is 2. The van der Waals surface area contributed by atoms with Crippen molar-refractivity contribution in [2.24, 2.45) is 0 Å². The number of piperidine rings is 1. The second kappa shape index (κ2) is 4.38. The highest BCUT2D eigenvalue weighted by Gasteiger charge is 2.43. The van der Waals surface area contributed by atoms with E-state index in [0.717, 1.165) is 31.9 Å². The molecule has 0 amide bonds. The molecule has 2 aliphatic rings. The minimum atomic E-state index is 0.452. The van der Waals surface area contributed by atoms with Crippen LogP contribution in [0.3, 0.4) is 0 Å². The van der Waals surface area contributed by atoms with Crippen molar-refractivity contribution < 1.29 is 4.74 Å². The van der Waals surface area contributed by atoms with Gasteiger partial charge in [-0.05, 0) is 12.0 Å². The molecule has 0 bridgehead atoms. The lowest BCUT2D eigenvalue weighted by Crippen LogP contribution is -2.34. The van der Waals surface area contributed by atoms with Crippen LogP contribution in [0.15, 0.2) is 42.6 Å². The molecule has 1 aromatic carbocycles. The highest BCUT2D eigenvalue weighted by Crippen LogP contribution is 2.32. The van der Waals surface area contributed by atoms with Crippen LogP contribution in [0.25, 0.3) is 0 Å². The van der Waals surface area contributed by atoms with E-state index < -0.39 is 0 Å². The largest absolute Gasteiger partial charge is 0.368 e. The van der Waals surface area contributed by atoms with Gasteiger partial charge in [-0.25, -0.2) is 0 Å². The van der Waals surface area contributed by atoms with E-state index in [1.807, 2.05) is 10.7 Å². The molecular formula is C15H17N3O. The quantitative estimate of drug-likeness (QED) is 0.786. The summed E-state index contributed by atoms with van der Waals surface area (Å²) in [5.74, 6) is 1.07. The van der Waals surface area contributed by atoms with E-state index in [1.165, 1.54) is 5.56 Å². The second-order valence-electron chi connectivity index (χ2n) is 5.30. The molecule has 1 aromatic heterocycles. The number of fused-ring (bicyclic) bond motifs is 1. The van der Waals surface area contributed by atoms with E-state index in [0.29, 0.717) is 12.2 Å². The number of epoxide rings is 1. The first kappa shape index (κ1) is 11.1. The molecule has 2 unspecified atom stereocenters. The summed E-state index contributed by atoms with van der Waals surface area (Å²) in [7, 11) is 0. The third-order valence-corrected chi connectivity index (χ3v) is 3.91. The lowest BCUT2D eigenvalue weighted by atomic mass is 10.1. The van der Waals surface area contributed by atoms with Crippen LogP contribution in [-0.2, 0) is 11.3 Å². The SMILES string of the molecule is c1ccc(Cn2ccc(N3CCC4OC4C3)n2)cc1. The summed E-state index contributed by atoms with van der Waals surface area (Å²) >= 11 is 0. The summed E-state index contributed by atoms with van der Waals surface area (Å²) in [6.45, 7) is 2.88. The van der Waals surface area contributed by atoms with Gasteiger partial charge >= 0.3 is 0 Å². The minimum absolute atomic E-state index is 0.452. The van der Waals surface area contributed by atoms with Gasteiger partial charge in [-0.3, -0.25) is 4.68 Å². The van der Waals surface area contributed by atoms with Crippen LogP contribution in [0.2, 0.25) is 0 Å². The van der Waals surface area contributed by atoms with Crippen molar-refractivity contribution in [2.45, 2.75) is 25.2 Å². The zero-order chi connectivity index (χ0) is 12.7. The molecule has 4 rings (SSSR count). The topological polar surface area (TPSA) is 33.6 Å². The lowest BCUT2D eigenvalue weighted by molar-refractivity contribution is 0.379. The number of nitrogens with zero attached hydrogens (tertiary/aromatic N) is 3. The molecule has 4 heteroatoms. The van der Waals surface area contributed by atoms with Crippen molar-refractivity contribution >= 4 is 5.82 Å². The van der Waals surface area contributed by atoms with Gasteiger partial charge in [0.1, 0.15) is 6.10 Å². The van der Waals surface area contributed by atoms with Crippen LogP contribution in [0.1, 0.15) is 12.0 Å². The summed E-state index contributed by atoms with van der Waals surface area (Å²) in [4.78, 5) is 2.33. The Morgan fingerprint density at radius 2 is 2.05 bits per heavy atom. The molecule has 0 radical (unpaired) electrons. The normalized spacial score (nSPS) is 25.2. The zero-order valence-electron chi connectivity index (χ0n) is 10.8. The Balaban J connectivity index is 1.47. The zero-order valence-corrected chi connectivity index (χ0v) is 10.8. The molecule has 2 aliphatic heterocycles. The van der Waals surface area contributed by atoms with Gasteiger partial charge in [-0.2, -0.15) is 5.10 Å². The van der Waals surface area contributed by atoms with Crippen LogP contribution in [-0.4, -0.2) is 35.1 Å². The predicted molar refractivity (Wildman–Crippen MR) is 73.3 cm³/mol. The smallest absolute Gasteiger partial charge is 0.150 e. The second-order valence-corrected chi connectivity index (χ2v) is 5.30. The molecule has 2 aromatic rings. The monoisotopic (exact) mass is 255 g/mol. The summed E-state index contributed by atoms with van der Waals surface area (Å²) in [6.07, 6.45) is 4.17. The first-order valence-corrected chi connectivity index (χ1v) is 6.86. The average Bonchev–Trinajstić information content (AvgIpc) is 3.09. The van der Waals surface area contributed by atoms with Crippen LogP contribution in [0, 0.1) is 0 Å². The highest BCUT2D eigenvalue weighted by atomic mass is 16.6. The highest BCUT2D eigenvalue weighted by molar-refractivity contribution is 5.39. The number of rotatable bonds is 3. The van der Waals surface area contributed by atoms with Crippen LogP contribution < -0.4 is 4.90 Å². The average molecular weight is 255 g/mol. The number of ether oxygens (including phenoxy) is 1. The third kappa shape index (κ3) is 2.24. The van der Waals surface area contributed by atoms with Crippen molar-refractivity contribution in [3.05, 3.63) is 48.2 Å². The fourth-order valence-corrected chi connectivity index (χ4v) is 2.77. The number of benzene rings is 1. The van der Waals surface area contributed by atoms with Crippen molar-refractivity contribution in [1.29, 1.82) is 0 Å². The fourth-order valence-electron chi connectivity index (χ4n) is 2.77. The van der Waals surface area contributed by atoms with E-state index in [9.17, 15) is 0 Å². The molecular weight excluding hydrogens is 238 g/mol. The standard InChI is InChI=1S/C15H17N3O/c1-2-4-12(5-3-1)10-18-9-7-15(16-18)17-8-6-13-14(11-17)19-13/h1-5,7,9,13-14H,6,8,10-11H2. The van der Waals surface area contributed by atoms with E-state index in [1.54, 1.807) is 0 Å². The van der Waals surface area contributed by atoms with Gasteiger partial charge < -0.3 is 9.64 Å². The maximum Gasteiger partial charge on any atom is 0.150 e. The number of hydrogen-bond donors (Lipinski definition) is 0. The molecule has 98 valence electrons. The molecule has 19 heavy (non-hydrogen) atoms. The summed E-state index contributed by atoms with van der Waals surface area (Å²) in [6, 6.07) is 12.5. The number of hydrogen-bond acceptors (Lipinski definition) is 3. The van der Waals surface area contributed by atoms with Crippen molar-refractivity contribution in [1.82, 2.24) is 9.78 Å². The fraction of sp³-hybridized carbons (Fsp3) is 0.400. The van der Waals surface area contributed by atoms with E-state index >= 15 is 0 Å². The predicted octanol–water partition coefficient (Wildman–Crippen LogP) is 1.91. The first-order chi connectivity index (χ1) is 9.38. The molecule has 0 saturated carbocycles. The molecule has 2 fully saturated rings. The Kier molecular flexibility index (Phi) is 2.55. The van der Waals surface area contributed by atoms with Crippen molar-refractivity contribution in [2.75, 3.05) is 18.0 Å². The Hall–Kier alpha value is -1.81. The lowest BCUT2D eigenvalue weighted by Gasteiger charge is -2.23. The Bertz CT molecular complexity index is 566. The van der Waals surface area contributed by atoms with E-state index in [2.05, 4.69) is 46.5 Å².